The zero-order valence-electron chi connectivity index (χ0n) is 8.64. The summed E-state index contributed by atoms with van der Waals surface area (Å²) in [5.74, 6) is 0. The molecule has 0 amide bonds. The average molecular weight is 306 g/mol. The highest BCUT2D eigenvalue weighted by atomic mass is 31.2. The summed E-state index contributed by atoms with van der Waals surface area (Å²) < 4.78 is 31.7. The zero-order valence-corrected chi connectivity index (χ0v) is 11.3. The highest BCUT2D eigenvalue weighted by Gasteiger charge is 2.32. The fourth-order valence-electron chi connectivity index (χ4n) is 1.03. The van der Waals surface area contributed by atoms with Gasteiger partial charge in [-0.3, -0.25) is 0 Å². The summed E-state index contributed by atoms with van der Waals surface area (Å²) in [6.07, 6.45) is -2.73. The van der Waals surface area contributed by atoms with Crippen LogP contribution in [0.2, 0.25) is 0 Å². The molecule has 0 spiro atoms. The Kier molecular flexibility index (Phi) is 5.35. The van der Waals surface area contributed by atoms with Crippen LogP contribution in [0.4, 0.5) is 0 Å². The summed E-state index contributed by atoms with van der Waals surface area (Å²) in [5, 5.41) is 0. The second-order valence-electron chi connectivity index (χ2n) is 3.65. The minimum Gasteiger partial charge on any atom is -0.811 e. The summed E-state index contributed by atoms with van der Waals surface area (Å²) in [6.45, 7) is 0.412. The van der Waals surface area contributed by atoms with Crippen LogP contribution in [-0.4, -0.2) is 11.1 Å². The van der Waals surface area contributed by atoms with Gasteiger partial charge in [0, 0.05) is 4.90 Å². The van der Waals surface area contributed by atoms with Crippen LogP contribution in [0.3, 0.4) is 0 Å². The van der Waals surface area contributed by atoms with E-state index in [-0.39, 0.29) is 0 Å². The molecule has 0 saturated carbocycles. The molecule has 0 aromatic carbocycles. The minimum absolute atomic E-state index is 0.412. The lowest BCUT2D eigenvalue weighted by Gasteiger charge is -2.58. The molecule has 0 heterocycles. The van der Waals surface area contributed by atoms with Gasteiger partial charge >= 0.3 is 0 Å². The zero-order chi connectivity index (χ0) is 14.1. The van der Waals surface area contributed by atoms with Gasteiger partial charge in [-0.05, 0) is 19.0 Å². The number of rotatable bonds is 6. The summed E-state index contributed by atoms with van der Waals surface area (Å²) in [5.41, 5.74) is 0. The molecular formula is C5H9O9P3-6. The maximum absolute atomic E-state index is 10.7. The van der Waals surface area contributed by atoms with Gasteiger partial charge in [-0.2, -0.15) is 0 Å². The van der Waals surface area contributed by atoms with Crippen molar-refractivity contribution in [1.82, 2.24) is 0 Å². The van der Waals surface area contributed by atoms with Gasteiger partial charge in [-0.1, -0.05) is 29.7 Å². The molecule has 0 rings (SSSR count). The first-order valence-corrected chi connectivity index (χ1v) is 9.07. The fourth-order valence-corrected chi connectivity index (χ4v) is 3.64. The Morgan fingerprint density at radius 1 is 0.882 bits per heavy atom. The third kappa shape index (κ3) is 4.91. The maximum Gasteiger partial charge on any atom is 0.0228 e. The highest BCUT2D eigenvalue weighted by Crippen LogP contribution is 2.62. The van der Waals surface area contributed by atoms with Crippen LogP contribution in [0.25, 0.3) is 0 Å². The Morgan fingerprint density at radius 3 is 1.47 bits per heavy atom. The molecule has 0 aromatic heterocycles. The van der Waals surface area contributed by atoms with Crippen molar-refractivity contribution >= 4 is 22.8 Å². The maximum atomic E-state index is 10.7. The predicted molar refractivity (Wildman–Crippen MR) is 45.3 cm³/mol. The van der Waals surface area contributed by atoms with Crippen LogP contribution in [0.1, 0.15) is 19.8 Å². The second-order valence-corrected chi connectivity index (χ2v) is 9.64. The van der Waals surface area contributed by atoms with Crippen molar-refractivity contribution in [3.8, 4) is 0 Å². The Bertz CT molecular complexity index is 377. The van der Waals surface area contributed by atoms with Gasteiger partial charge in [0.15, 0.2) is 0 Å². The average Bonchev–Trinajstić information content (AvgIpc) is 1.96. The van der Waals surface area contributed by atoms with Gasteiger partial charge in [-0.25, -0.2) is 0 Å². The highest BCUT2D eigenvalue weighted by molar-refractivity contribution is 7.69. The molecular weight excluding hydrogens is 297 g/mol. The van der Waals surface area contributed by atoms with E-state index in [4.69, 9.17) is 0 Å². The summed E-state index contributed by atoms with van der Waals surface area (Å²) in [6, 6.07) is 0. The van der Waals surface area contributed by atoms with Crippen molar-refractivity contribution in [3.05, 3.63) is 0 Å². The minimum atomic E-state index is -5.77. The van der Waals surface area contributed by atoms with Crippen LogP contribution in [-0.2, 0) is 13.7 Å². The van der Waals surface area contributed by atoms with Crippen molar-refractivity contribution in [1.29, 1.82) is 0 Å². The third-order valence-electron chi connectivity index (χ3n) is 2.26. The van der Waals surface area contributed by atoms with E-state index >= 15 is 0 Å². The molecule has 0 fully saturated rings. The van der Waals surface area contributed by atoms with Crippen molar-refractivity contribution < 1.29 is 43.1 Å². The molecule has 0 aliphatic heterocycles. The third-order valence-corrected chi connectivity index (χ3v) is 7.40. The largest absolute Gasteiger partial charge is 0.811 e. The smallest absolute Gasteiger partial charge is 0.0228 e. The molecule has 0 N–H and O–H groups in total. The molecule has 104 valence electrons. The van der Waals surface area contributed by atoms with Crippen molar-refractivity contribution in [2.45, 2.75) is 24.7 Å². The summed E-state index contributed by atoms with van der Waals surface area (Å²) in [7, 11) is -16.5. The van der Waals surface area contributed by atoms with Gasteiger partial charge in [0.1, 0.15) is 0 Å². The van der Waals surface area contributed by atoms with Gasteiger partial charge in [0.25, 0.3) is 0 Å². The monoisotopic (exact) mass is 306 g/mol. The van der Waals surface area contributed by atoms with Crippen LogP contribution in [0.5, 0.6) is 0 Å². The molecule has 0 bridgehead atoms. The lowest BCUT2D eigenvalue weighted by atomic mass is 10.3. The van der Waals surface area contributed by atoms with E-state index in [1.807, 2.05) is 0 Å². The predicted octanol–water partition coefficient (Wildman–Crippen LogP) is -3.78. The lowest BCUT2D eigenvalue weighted by Crippen LogP contribution is -2.43. The molecule has 0 radical (unpaired) electrons. The molecule has 0 aliphatic carbocycles. The van der Waals surface area contributed by atoms with E-state index in [1.165, 1.54) is 0 Å². The van der Waals surface area contributed by atoms with Crippen molar-refractivity contribution in [2.24, 2.45) is 0 Å². The molecule has 17 heavy (non-hydrogen) atoms. The van der Waals surface area contributed by atoms with E-state index in [0.717, 1.165) is 0 Å². The topological polar surface area (TPSA) is 190 Å². The van der Waals surface area contributed by atoms with E-state index < -0.39 is 46.7 Å². The van der Waals surface area contributed by atoms with Gasteiger partial charge < -0.3 is 43.1 Å². The number of hydrogen-bond donors (Lipinski definition) is 0. The van der Waals surface area contributed by atoms with E-state index in [2.05, 4.69) is 0 Å². The molecule has 0 aliphatic rings. The van der Waals surface area contributed by atoms with Crippen LogP contribution >= 0.6 is 22.8 Å². The van der Waals surface area contributed by atoms with Crippen molar-refractivity contribution in [2.75, 3.05) is 6.16 Å². The van der Waals surface area contributed by atoms with Gasteiger partial charge in [-0.15, -0.1) is 0 Å². The SMILES string of the molecule is CC(CCCP(=O)([O-])[O-])(P(=O)([O-])[O-])P(=O)([O-])[O-]. The molecule has 0 saturated heterocycles. The Balaban J connectivity index is 4.97. The quantitative estimate of drug-likeness (QED) is 0.443. The first kappa shape index (κ1) is 17.4. The first-order valence-electron chi connectivity index (χ1n) is 4.26. The molecule has 12 heteroatoms. The molecule has 0 aromatic rings. The van der Waals surface area contributed by atoms with Gasteiger partial charge in [0.2, 0.25) is 0 Å². The van der Waals surface area contributed by atoms with E-state index in [9.17, 15) is 43.1 Å². The van der Waals surface area contributed by atoms with Gasteiger partial charge in [0.05, 0.1) is 0 Å². The Labute approximate surface area is 97.4 Å². The fraction of sp³-hybridized carbons (Fsp3) is 1.00. The second kappa shape index (κ2) is 5.21. The Morgan fingerprint density at radius 2 is 1.24 bits per heavy atom. The van der Waals surface area contributed by atoms with Crippen molar-refractivity contribution in [3.63, 3.8) is 0 Å². The lowest BCUT2D eigenvalue weighted by molar-refractivity contribution is -0.336. The Hall–Kier alpha value is 0.450. The molecule has 0 unspecified atom stereocenters. The first-order chi connectivity index (χ1) is 7.21. The van der Waals surface area contributed by atoms with E-state index in [0.29, 0.717) is 6.92 Å². The summed E-state index contributed by atoms with van der Waals surface area (Å²) in [4.78, 5) is 60.3. The van der Waals surface area contributed by atoms with E-state index in [1.54, 1.807) is 0 Å². The normalized spacial score (nSPS) is 15.0. The summed E-state index contributed by atoms with van der Waals surface area (Å²) >= 11 is 0. The van der Waals surface area contributed by atoms with Crippen LogP contribution < -0.4 is 29.4 Å². The number of hydrogen-bond acceptors (Lipinski definition) is 9. The molecule has 9 nitrogen and oxygen atoms in total. The van der Waals surface area contributed by atoms with Crippen LogP contribution in [0, 0.1) is 0 Å². The van der Waals surface area contributed by atoms with Crippen LogP contribution in [0.15, 0.2) is 0 Å². The molecule has 0 atom stereocenters. The standard InChI is InChI=1S/C5H15O9P3/c1-5(16(9,10)11,17(12,13)14)3-2-4-15(6,7)8/h2-4H2,1H3,(H2,6,7,8)(H2,9,10,11)(H2,12,13,14)/p-6.